The molecule has 19 heteroatoms. The third-order valence-electron chi connectivity index (χ3n) is 0. The van der Waals surface area contributed by atoms with Crippen molar-refractivity contribution in [2.45, 2.75) is 6.92 Å². The minimum absolute atomic E-state index is 0. The fourth-order valence-electron chi connectivity index (χ4n) is 0. The maximum absolute atomic E-state index is 9.00. The fraction of sp³-hybridized carbons (Fsp3) is 0.333. The molecule has 135 valence electrons. The summed E-state index contributed by atoms with van der Waals surface area (Å²) in [5.74, 6) is -0.833. The van der Waals surface area contributed by atoms with Gasteiger partial charge in [0.15, 0.2) is 0 Å². The Labute approximate surface area is 200 Å². The molecule has 22 heavy (non-hydrogen) atoms. The van der Waals surface area contributed by atoms with E-state index in [1.54, 1.807) is 0 Å². The molecule has 13 nitrogen and oxygen atoms in total. The van der Waals surface area contributed by atoms with Crippen molar-refractivity contribution in [3.63, 3.8) is 0 Å². The quantitative estimate of drug-likeness (QED) is 0.144. The van der Waals surface area contributed by atoms with E-state index in [9.17, 15) is 0 Å². The van der Waals surface area contributed by atoms with Gasteiger partial charge in [0.1, 0.15) is 0 Å². The van der Waals surface area contributed by atoms with E-state index in [0.717, 1.165) is 6.92 Å². The average molecular weight is 545 g/mol. The Morgan fingerprint density at radius 2 is 0.864 bits per heavy atom. The van der Waals surface area contributed by atoms with Crippen molar-refractivity contribution >= 4 is 73.9 Å². The van der Waals surface area contributed by atoms with Crippen LogP contribution in [0.3, 0.4) is 0 Å². The van der Waals surface area contributed by atoms with Gasteiger partial charge in [-0.15, -0.1) is 0 Å². The Kier molecular flexibility index (Phi) is 62.0. The van der Waals surface area contributed by atoms with Gasteiger partial charge >= 0.3 is 96.6 Å². The molecule has 3 radical (unpaired) electrons. The molecule has 0 rings (SSSR count). The standard InChI is InChI=1S/C2H4O2.CH2O3.K.4Mn.H2O4S.H2O.3O.H/c1-2(3)4;2-1(3)4;;;;;;1-5(2,3)4;;;;;/h1H3,(H,3,4);(H2,2,3,4);;;;;;(H2,1,2,3,4);1H2;;;;/q;;;;;;+1;;;;;;/p-1. The summed E-state index contributed by atoms with van der Waals surface area (Å²) in [6.07, 6.45) is -1.83. The molecule has 0 aromatic carbocycles. The van der Waals surface area contributed by atoms with Crippen LogP contribution in [0.5, 0.6) is 0 Å². The number of carboxylic acids is 1. The van der Waals surface area contributed by atoms with Crippen molar-refractivity contribution < 1.29 is 122 Å². The number of aliphatic carboxylic acids is 1. The Morgan fingerprint density at radius 1 is 0.864 bits per heavy atom. The van der Waals surface area contributed by atoms with E-state index < -0.39 is 35.5 Å². The van der Waals surface area contributed by atoms with Crippen LogP contribution in [0.15, 0.2) is 0 Å². The molecule has 0 heterocycles. The minimum atomic E-state index is -5.38. The maximum atomic E-state index is 9.00. The van der Waals surface area contributed by atoms with Crippen molar-refractivity contribution in [3.8, 4) is 0 Å². The number of rotatable bonds is 0. The first-order chi connectivity index (χ1) is 7.46. The van der Waals surface area contributed by atoms with Crippen LogP contribution in [0.25, 0.3) is 0 Å². The van der Waals surface area contributed by atoms with Crippen LogP contribution in [0.2, 0.25) is 0 Å². The van der Waals surface area contributed by atoms with Crippen LogP contribution in [0, 0.1) is 0 Å². The molecule has 0 aliphatic rings. The molecular formula is C3H10KMn4O13S. The molecule has 0 bridgehead atoms. The normalized spacial score (nSPS) is 7.45. The van der Waals surface area contributed by atoms with Gasteiger partial charge in [-0.05, 0) is 0 Å². The molecule has 0 aromatic rings. The number of carbonyl (C=O) groups is 2. The van der Waals surface area contributed by atoms with Crippen LogP contribution < -0.4 is 0 Å². The predicted molar refractivity (Wildman–Crippen MR) is 49.6 cm³/mol. The molecule has 0 atom stereocenters. The molecule has 6 N–H and O–H groups in total. The van der Waals surface area contributed by atoms with Crippen LogP contribution in [0.4, 0.5) is 4.79 Å². The van der Waals surface area contributed by atoms with Gasteiger partial charge in [-0.25, -0.2) is 4.79 Å². The summed E-state index contributed by atoms with van der Waals surface area (Å²) in [5, 5.41) is 21.4. The van der Waals surface area contributed by atoms with E-state index in [4.69, 9.17) is 58.1 Å². The van der Waals surface area contributed by atoms with Gasteiger partial charge < -0.3 is 15.3 Å². The molecule has 0 unspecified atom stereocenters. The van der Waals surface area contributed by atoms with Crippen LogP contribution in [-0.4, -0.2) is 101 Å². The third kappa shape index (κ3) is 3270. The first kappa shape index (κ1) is 49.5. The zero-order valence-corrected chi connectivity index (χ0v) is 15.0. The summed E-state index contributed by atoms with van der Waals surface area (Å²) in [4.78, 5) is 17.6. The number of hydrogen-bond donors (Lipinski definition) is 6. The molecule has 0 saturated heterocycles. The van der Waals surface area contributed by atoms with E-state index >= 15 is 0 Å². The van der Waals surface area contributed by atoms with Crippen LogP contribution in [-0.2, 0) is 90.9 Å². The van der Waals surface area contributed by atoms with Gasteiger partial charge in [-0.1, -0.05) is 0 Å². The van der Waals surface area contributed by atoms with Gasteiger partial charge in [0, 0.05) is 58.1 Å². The summed E-state index contributed by atoms with van der Waals surface area (Å²) in [5.41, 5.74) is 0. The van der Waals surface area contributed by atoms with Crippen molar-refractivity contribution in [3.05, 3.63) is 0 Å². The van der Waals surface area contributed by atoms with E-state index in [0.29, 0.717) is 0 Å². The summed E-state index contributed by atoms with van der Waals surface area (Å²) >= 11 is -5.38. The first-order valence-electron chi connectivity index (χ1n) is 2.91. The molecule has 0 fully saturated rings. The Hall–Kier alpha value is 1.68. The molecular weight excluding hydrogens is 535 g/mol. The topological polar surface area (TPSA) is 241 Å². The summed E-state index contributed by atoms with van der Waals surface area (Å²) in [6.45, 7) is 1.08. The van der Waals surface area contributed by atoms with Crippen molar-refractivity contribution in [2.75, 3.05) is 0 Å². The zero-order valence-electron chi connectivity index (χ0n) is 9.46. The Balaban J connectivity index is -0.0000000188. The third-order valence-corrected chi connectivity index (χ3v) is 0. The molecule has 0 aromatic heterocycles. The van der Waals surface area contributed by atoms with Gasteiger partial charge in [0.05, 0.1) is 0 Å². The van der Waals surface area contributed by atoms with E-state index in [2.05, 4.69) is 0 Å². The van der Waals surface area contributed by atoms with Gasteiger partial charge in [0.25, 0.3) is 5.97 Å². The van der Waals surface area contributed by atoms with E-state index in [1.807, 2.05) is 0 Å². The predicted octanol–water partition coefficient (Wildman–Crippen LogP) is -1.91. The fourth-order valence-corrected chi connectivity index (χ4v) is 0. The van der Waals surface area contributed by atoms with Gasteiger partial charge in [-0.2, -0.15) is 8.42 Å². The number of carboxylic acid groups (broad SMARTS) is 3. The second kappa shape index (κ2) is 27.5. The summed E-state index contributed by atoms with van der Waals surface area (Å²) in [6, 6.07) is 0. The SMILES string of the molecule is CC(=O)O.O=C(O)O.O=S(=O)(O)O.[KH].[Mn].[Mn].[Mn].[O]=[Mn](=[O])(=[O])[OH]. The Morgan fingerprint density at radius 3 is 0.864 bits per heavy atom. The van der Waals surface area contributed by atoms with Gasteiger partial charge in [0.2, 0.25) is 0 Å². The second-order valence-electron chi connectivity index (χ2n) is 1.65. The zero-order chi connectivity index (χ0) is 16.2. The summed E-state index contributed by atoms with van der Waals surface area (Å²) < 4.78 is 64.6. The van der Waals surface area contributed by atoms with E-state index in [1.165, 1.54) is 0 Å². The Bertz CT molecular complexity index is 448. The number of hydrogen-bond acceptors (Lipinski definition) is 7. The van der Waals surface area contributed by atoms with Crippen LogP contribution in [0.1, 0.15) is 6.92 Å². The van der Waals surface area contributed by atoms with E-state index in [-0.39, 0.29) is 103 Å². The van der Waals surface area contributed by atoms with Gasteiger partial charge in [-0.3, -0.25) is 13.9 Å². The molecule has 0 amide bonds. The van der Waals surface area contributed by atoms with Crippen molar-refractivity contribution in [1.82, 2.24) is 0 Å². The van der Waals surface area contributed by atoms with Crippen molar-refractivity contribution in [2.24, 2.45) is 0 Å². The first-order valence-corrected chi connectivity index (χ1v) is 6.28. The average Bonchev–Trinajstić information content (AvgIpc) is 1.70. The molecule has 0 aliphatic carbocycles. The monoisotopic (exact) mass is 545 g/mol. The molecule has 0 spiro atoms. The summed E-state index contributed by atoms with van der Waals surface area (Å²) in [7, 11) is -4.67. The molecule has 0 saturated carbocycles. The second-order valence-corrected chi connectivity index (χ2v) is 3.78. The van der Waals surface area contributed by atoms with Crippen LogP contribution >= 0.6 is 0 Å². The van der Waals surface area contributed by atoms with Crippen molar-refractivity contribution in [1.29, 1.82) is 0 Å². The molecule has 0 aliphatic heterocycles.